The third-order valence-electron chi connectivity index (χ3n) is 3.98. The first kappa shape index (κ1) is 23.5. The molecule has 1 N–H and O–H groups in total. The Kier molecular flexibility index (Phi) is 8.90. The zero-order chi connectivity index (χ0) is 22.1. The predicted molar refractivity (Wildman–Crippen MR) is 118 cm³/mol. The third kappa shape index (κ3) is 6.61. The van der Waals surface area contributed by atoms with Crippen LogP contribution in [0.3, 0.4) is 0 Å². The largest absolute Gasteiger partial charge is 0.479 e. The lowest BCUT2D eigenvalue weighted by Gasteiger charge is -2.14. The van der Waals surface area contributed by atoms with E-state index in [0.29, 0.717) is 10.0 Å². The van der Waals surface area contributed by atoms with Crippen molar-refractivity contribution in [3.63, 3.8) is 0 Å². The van der Waals surface area contributed by atoms with Gasteiger partial charge in [-0.1, -0.05) is 41.9 Å². The van der Waals surface area contributed by atoms with Gasteiger partial charge in [-0.05, 0) is 59.1 Å². The van der Waals surface area contributed by atoms with Gasteiger partial charge in [-0.25, -0.2) is 4.79 Å². The number of nitrogens with one attached hydrogen (secondary N) is 1. The van der Waals surface area contributed by atoms with Crippen LogP contribution in [0.4, 0.5) is 0 Å². The Balaban J connectivity index is 2.16. The summed E-state index contributed by atoms with van der Waals surface area (Å²) in [5.74, 6) is -0.744. The normalized spacial score (nSPS) is 11.9. The van der Waals surface area contributed by atoms with E-state index in [9.17, 15) is 14.9 Å². The van der Waals surface area contributed by atoms with Crippen molar-refractivity contribution in [3.05, 3.63) is 68.7 Å². The molecule has 0 aliphatic heterocycles. The van der Waals surface area contributed by atoms with Crippen molar-refractivity contribution in [2.75, 3.05) is 13.2 Å². The number of esters is 1. The zero-order valence-corrected chi connectivity index (χ0v) is 18.8. The minimum Gasteiger partial charge on any atom is -0.479 e. The van der Waals surface area contributed by atoms with Crippen molar-refractivity contribution >= 4 is 45.5 Å². The van der Waals surface area contributed by atoms with E-state index in [4.69, 9.17) is 21.1 Å². The molecule has 2 rings (SSSR count). The number of nitrogens with zero attached hydrogens (tertiary/aromatic N) is 1. The topological polar surface area (TPSA) is 88.4 Å². The zero-order valence-electron chi connectivity index (χ0n) is 16.4. The van der Waals surface area contributed by atoms with Crippen molar-refractivity contribution in [2.45, 2.75) is 19.9 Å². The van der Waals surface area contributed by atoms with E-state index in [-0.39, 0.29) is 35.6 Å². The molecule has 0 bridgehead atoms. The van der Waals surface area contributed by atoms with Gasteiger partial charge >= 0.3 is 5.97 Å². The maximum atomic E-state index is 12.5. The molecular weight excluding hydrogens is 472 g/mol. The number of carbonyl (C=O) groups excluding carboxylic acids is 2. The van der Waals surface area contributed by atoms with E-state index in [1.807, 2.05) is 43.3 Å². The van der Waals surface area contributed by atoms with Gasteiger partial charge in [-0.3, -0.25) is 4.79 Å². The Morgan fingerprint density at radius 1 is 1.30 bits per heavy atom. The molecule has 0 heterocycles. The lowest BCUT2D eigenvalue weighted by molar-refractivity contribution is -0.145. The number of halogens is 2. The van der Waals surface area contributed by atoms with E-state index in [1.165, 1.54) is 12.1 Å². The molecule has 0 spiro atoms. The predicted octanol–water partition coefficient (Wildman–Crippen LogP) is 4.83. The molecule has 0 aliphatic carbocycles. The van der Waals surface area contributed by atoms with E-state index in [0.717, 1.165) is 5.56 Å². The first-order valence-corrected chi connectivity index (χ1v) is 10.3. The highest BCUT2D eigenvalue weighted by Gasteiger charge is 2.16. The van der Waals surface area contributed by atoms with Crippen LogP contribution in [0, 0.1) is 11.3 Å². The molecule has 0 radical (unpaired) electrons. The van der Waals surface area contributed by atoms with E-state index >= 15 is 0 Å². The summed E-state index contributed by atoms with van der Waals surface area (Å²) in [6.45, 7) is 3.50. The summed E-state index contributed by atoms with van der Waals surface area (Å²) in [5, 5.41) is 12.5. The van der Waals surface area contributed by atoms with Crippen molar-refractivity contribution < 1.29 is 19.1 Å². The van der Waals surface area contributed by atoms with Crippen molar-refractivity contribution in [1.29, 1.82) is 5.26 Å². The molecule has 1 amide bonds. The highest BCUT2D eigenvalue weighted by Crippen LogP contribution is 2.35. The molecule has 30 heavy (non-hydrogen) atoms. The summed E-state index contributed by atoms with van der Waals surface area (Å²) in [6.07, 6.45) is 1.43. The van der Waals surface area contributed by atoms with Crippen LogP contribution in [-0.4, -0.2) is 25.1 Å². The Bertz CT molecular complexity index is 963. The molecule has 0 fully saturated rings. The maximum Gasteiger partial charge on any atom is 0.344 e. The van der Waals surface area contributed by atoms with Gasteiger partial charge in [-0.15, -0.1) is 0 Å². The number of hydrogen-bond donors (Lipinski definition) is 1. The van der Waals surface area contributed by atoms with Gasteiger partial charge in [0.15, 0.2) is 12.4 Å². The van der Waals surface area contributed by atoms with Gasteiger partial charge in [0.25, 0.3) is 5.91 Å². The average Bonchev–Trinajstić information content (AvgIpc) is 2.72. The van der Waals surface area contributed by atoms with Crippen LogP contribution in [0.25, 0.3) is 6.08 Å². The smallest absolute Gasteiger partial charge is 0.344 e. The monoisotopic (exact) mass is 490 g/mol. The Morgan fingerprint density at radius 3 is 2.60 bits per heavy atom. The second kappa shape index (κ2) is 11.4. The van der Waals surface area contributed by atoms with Gasteiger partial charge in [0.05, 0.1) is 22.1 Å². The fourth-order valence-corrected chi connectivity index (χ4v) is 3.54. The summed E-state index contributed by atoms with van der Waals surface area (Å²) in [7, 11) is 0. The van der Waals surface area contributed by atoms with Crippen molar-refractivity contribution in [3.8, 4) is 11.8 Å². The Labute approximate surface area is 188 Å². The SMILES string of the molecule is CCOC(=O)COc1c(Cl)cc(/C=C(/C#N)C(=O)N[C@H](C)c2ccccc2)cc1Br. The van der Waals surface area contributed by atoms with Crippen LogP contribution in [0.1, 0.15) is 31.0 Å². The van der Waals surface area contributed by atoms with Crippen LogP contribution in [-0.2, 0) is 14.3 Å². The minimum atomic E-state index is -0.514. The van der Waals surface area contributed by atoms with E-state index in [2.05, 4.69) is 21.2 Å². The standard InChI is InChI=1S/C22H20BrClN2O4/c1-3-29-20(27)13-30-21-18(23)10-15(11-19(21)24)9-17(12-25)22(28)26-14(2)16-7-5-4-6-8-16/h4-11,14H,3,13H2,1-2H3,(H,26,28)/b17-9-/t14-/m1/s1. The van der Waals surface area contributed by atoms with Gasteiger partial charge in [-0.2, -0.15) is 5.26 Å². The number of nitriles is 1. The van der Waals surface area contributed by atoms with Gasteiger partial charge in [0, 0.05) is 0 Å². The number of rotatable bonds is 8. The molecule has 156 valence electrons. The van der Waals surface area contributed by atoms with Gasteiger partial charge in [0.1, 0.15) is 11.6 Å². The summed E-state index contributed by atoms with van der Waals surface area (Å²) >= 11 is 9.58. The quantitative estimate of drug-likeness (QED) is 0.325. The maximum absolute atomic E-state index is 12.5. The highest BCUT2D eigenvalue weighted by atomic mass is 79.9. The summed E-state index contributed by atoms with van der Waals surface area (Å²) in [5.41, 5.74) is 1.38. The molecule has 0 unspecified atom stereocenters. The number of carbonyl (C=O) groups is 2. The van der Waals surface area contributed by atoms with Crippen molar-refractivity contribution in [1.82, 2.24) is 5.32 Å². The fraction of sp³-hybridized carbons (Fsp3) is 0.227. The molecule has 0 saturated carbocycles. The van der Waals surface area contributed by atoms with Crippen LogP contribution in [0.2, 0.25) is 5.02 Å². The van der Waals surface area contributed by atoms with E-state index < -0.39 is 11.9 Å². The molecular formula is C22H20BrClN2O4. The minimum absolute atomic E-state index is 0.0686. The lowest BCUT2D eigenvalue weighted by atomic mass is 10.1. The van der Waals surface area contributed by atoms with Crippen LogP contribution >= 0.6 is 27.5 Å². The number of ether oxygens (including phenoxy) is 2. The number of hydrogen-bond acceptors (Lipinski definition) is 5. The third-order valence-corrected chi connectivity index (χ3v) is 4.85. The van der Waals surface area contributed by atoms with E-state index in [1.54, 1.807) is 13.0 Å². The summed E-state index contributed by atoms with van der Waals surface area (Å²) in [4.78, 5) is 24.0. The van der Waals surface area contributed by atoms with Gasteiger partial charge < -0.3 is 14.8 Å². The van der Waals surface area contributed by atoms with Crippen molar-refractivity contribution in [2.24, 2.45) is 0 Å². The molecule has 0 saturated heterocycles. The average molecular weight is 492 g/mol. The molecule has 2 aromatic rings. The first-order chi connectivity index (χ1) is 14.3. The van der Waals surface area contributed by atoms with Crippen LogP contribution in [0.15, 0.2) is 52.5 Å². The second-order valence-corrected chi connectivity index (χ2v) is 7.44. The molecule has 0 aromatic heterocycles. The molecule has 0 aliphatic rings. The molecule has 6 nitrogen and oxygen atoms in total. The lowest BCUT2D eigenvalue weighted by Crippen LogP contribution is -2.27. The number of benzene rings is 2. The van der Waals surface area contributed by atoms with Gasteiger partial charge in [0.2, 0.25) is 0 Å². The fourth-order valence-electron chi connectivity index (χ4n) is 2.55. The van der Waals surface area contributed by atoms with Crippen LogP contribution in [0.5, 0.6) is 5.75 Å². The Hall–Kier alpha value is -2.82. The molecule has 2 aromatic carbocycles. The highest BCUT2D eigenvalue weighted by molar-refractivity contribution is 9.10. The first-order valence-electron chi connectivity index (χ1n) is 9.10. The summed E-state index contributed by atoms with van der Waals surface area (Å²) in [6, 6.07) is 14.3. The number of amides is 1. The van der Waals surface area contributed by atoms with Crippen LogP contribution < -0.4 is 10.1 Å². The molecule has 8 heteroatoms. The molecule has 1 atom stereocenters. The second-order valence-electron chi connectivity index (χ2n) is 6.18. The Morgan fingerprint density at radius 2 is 2.00 bits per heavy atom. The summed E-state index contributed by atoms with van der Waals surface area (Å²) < 4.78 is 10.7.